The summed E-state index contributed by atoms with van der Waals surface area (Å²) in [6.07, 6.45) is -0.473. The van der Waals surface area contributed by atoms with Gasteiger partial charge in [0, 0.05) is 0 Å². The minimum absolute atomic E-state index is 0.473. The highest BCUT2D eigenvalue weighted by Crippen LogP contribution is 2.24. The first-order chi connectivity index (χ1) is 7.75. The highest BCUT2D eigenvalue weighted by atomic mass is 16.5. The molecular weight excluding hydrogens is 200 g/mol. The van der Waals surface area contributed by atoms with Gasteiger partial charge in [-0.05, 0) is 36.8 Å². The van der Waals surface area contributed by atoms with Crippen LogP contribution in [0.4, 0.5) is 0 Å². The first kappa shape index (κ1) is 10.7. The molecule has 0 aliphatic rings. The monoisotopic (exact) mass is 214 g/mol. The van der Waals surface area contributed by atoms with Crippen LogP contribution in [0.1, 0.15) is 18.6 Å². The Hall–Kier alpha value is -1.80. The van der Waals surface area contributed by atoms with Gasteiger partial charge < -0.3 is 9.84 Å². The lowest BCUT2D eigenvalue weighted by molar-refractivity contribution is 0.199. The Morgan fingerprint density at radius 1 is 0.938 bits per heavy atom. The average molecular weight is 214 g/mol. The van der Waals surface area contributed by atoms with Crippen LogP contribution in [0.2, 0.25) is 0 Å². The standard InChI is InChI=1S/C14H14O2/c1-11(15)12-6-5-9-14(10-12)16-13-7-3-2-4-8-13/h2-11,15H,1H3. The molecule has 0 amide bonds. The lowest BCUT2D eigenvalue weighted by Gasteiger charge is -2.08. The van der Waals surface area contributed by atoms with Crippen LogP contribution >= 0.6 is 0 Å². The fourth-order valence-corrected chi connectivity index (χ4v) is 1.46. The molecule has 0 radical (unpaired) electrons. The molecule has 82 valence electrons. The molecule has 0 aromatic heterocycles. The molecular formula is C14H14O2. The van der Waals surface area contributed by atoms with Crippen molar-refractivity contribution < 1.29 is 9.84 Å². The quantitative estimate of drug-likeness (QED) is 0.846. The zero-order valence-electron chi connectivity index (χ0n) is 9.13. The maximum absolute atomic E-state index is 9.46. The molecule has 0 saturated carbocycles. The van der Waals surface area contributed by atoms with Crippen LogP contribution in [0, 0.1) is 0 Å². The van der Waals surface area contributed by atoms with Gasteiger partial charge in [-0.2, -0.15) is 0 Å². The Morgan fingerprint density at radius 2 is 1.62 bits per heavy atom. The molecule has 0 spiro atoms. The first-order valence-corrected chi connectivity index (χ1v) is 5.26. The number of ether oxygens (including phenoxy) is 1. The predicted octanol–water partition coefficient (Wildman–Crippen LogP) is 3.53. The van der Waals surface area contributed by atoms with Crippen molar-refractivity contribution in [2.45, 2.75) is 13.0 Å². The van der Waals surface area contributed by atoms with E-state index in [2.05, 4.69) is 0 Å². The number of hydrogen-bond donors (Lipinski definition) is 1. The highest BCUT2D eigenvalue weighted by molar-refractivity contribution is 5.34. The molecule has 0 aliphatic carbocycles. The smallest absolute Gasteiger partial charge is 0.127 e. The second-order valence-electron chi connectivity index (χ2n) is 3.66. The highest BCUT2D eigenvalue weighted by Gasteiger charge is 2.02. The molecule has 2 aromatic carbocycles. The molecule has 1 unspecified atom stereocenters. The number of aliphatic hydroxyl groups excluding tert-OH is 1. The maximum atomic E-state index is 9.46. The van der Waals surface area contributed by atoms with Crippen molar-refractivity contribution in [3.63, 3.8) is 0 Å². The number of para-hydroxylation sites is 1. The van der Waals surface area contributed by atoms with Gasteiger partial charge in [0.1, 0.15) is 11.5 Å². The molecule has 1 atom stereocenters. The van der Waals surface area contributed by atoms with Crippen LogP contribution in [-0.4, -0.2) is 5.11 Å². The van der Waals surface area contributed by atoms with Crippen LogP contribution < -0.4 is 4.74 Å². The van der Waals surface area contributed by atoms with Gasteiger partial charge in [-0.15, -0.1) is 0 Å². The van der Waals surface area contributed by atoms with Crippen molar-refractivity contribution in [3.05, 3.63) is 60.2 Å². The second-order valence-corrected chi connectivity index (χ2v) is 3.66. The van der Waals surface area contributed by atoms with Crippen LogP contribution in [0.3, 0.4) is 0 Å². The molecule has 0 aliphatic heterocycles. The van der Waals surface area contributed by atoms with Crippen molar-refractivity contribution in [2.24, 2.45) is 0 Å². The summed E-state index contributed by atoms with van der Waals surface area (Å²) < 4.78 is 5.66. The Balaban J connectivity index is 2.19. The van der Waals surface area contributed by atoms with Crippen molar-refractivity contribution in [3.8, 4) is 11.5 Å². The van der Waals surface area contributed by atoms with Crippen molar-refractivity contribution in [1.82, 2.24) is 0 Å². The zero-order chi connectivity index (χ0) is 11.4. The van der Waals surface area contributed by atoms with E-state index in [9.17, 15) is 5.11 Å². The van der Waals surface area contributed by atoms with Crippen LogP contribution in [-0.2, 0) is 0 Å². The van der Waals surface area contributed by atoms with Gasteiger partial charge in [-0.3, -0.25) is 0 Å². The number of hydrogen-bond acceptors (Lipinski definition) is 2. The molecule has 0 bridgehead atoms. The molecule has 0 heterocycles. The fourth-order valence-electron chi connectivity index (χ4n) is 1.46. The zero-order valence-corrected chi connectivity index (χ0v) is 9.13. The molecule has 2 rings (SSSR count). The summed E-state index contributed by atoms with van der Waals surface area (Å²) in [4.78, 5) is 0. The Kier molecular flexibility index (Phi) is 3.22. The van der Waals surface area contributed by atoms with E-state index >= 15 is 0 Å². The van der Waals surface area contributed by atoms with E-state index < -0.39 is 6.10 Å². The summed E-state index contributed by atoms with van der Waals surface area (Å²) in [5.41, 5.74) is 0.855. The largest absolute Gasteiger partial charge is 0.457 e. The molecule has 0 fully saturated rings. The van der Waals surface area contributed by atoms with Gasteiger partial charge in [0.15, 0.2) is 0 Å². The molecule has 2 heteroatoms. The third kappa shape index (κ3) is 2.61. The van der Waals surface area contributed by atoms with E-state index in [4.69, 9.17) is 4.74 Å². The topological polar surface area (TPSA) is 29.5 Å². The molecule has 2 aromatic rings. The average Bonchev–Trinajstić information content (AvgIpc) is 2.30. The predicted molar refractivity (Wildman–Crippen MR) is 63.6 cm³/mol. The molecule has 2 nitrogen and oxygen atoms in total. The summed E-state index contributed by atoms with van der Waals surface area (Å²) in [5, 5.41) is 9.46. The van der Waals surface area contributed by atoms with Crippen LogP contribution in [0.25, 0.3) is 0 Å². The number of benzene rings is 2. The lowest BCUT2D eigenvalue weighted by atomic mass is 10.1. The van der Waals surface area contributed by atoms with Crippen LogP contribution in [0.5, 0.6) is 11.5 Å². The molecule has 1 N–H and O–H groups in total. The first-order valence-electron chi connectivity index (χ1n) is 5.26. The van der Waals surface area contributed by atoms with Crippen molar-refractivity contribution >= 4 is 0 Å². The Labute approximate surface area is 95.1 Å². The number of rotatable bonds is 3. The van der Waals surface area contributed by atoms with E-state index in [0.717, 1.165) is 17.1 Å². The van der Waals surface area contributed by atoms with Crippen molar-refractivity contribution in [1.29, 1.82) is 0 Å². The summed E-state index contributed by atoms with van der Waals surface area (Å²) in [6, 6.07) is 17.1. The van der Waals surface area contributed by atoms with E-state index in [1.165, 1.54) is 0 Å². The minimum atomic E-state index is -0.473. The second kappa shape index (κ2) is 4.81. The van der Waals surface area contributed by atoms with Gasteiger partial charge in [0.2, 0.25) is 0 Å². The van der Waals surface area contributed by atoms with Gasteiger partial charge in [0.25, 0.3) is 0 Å². The minimum Gasteiger partial charge on any atom is -0.457 e. The normalized spacial score (nSPS) is 12.1. The van der Waals surface area contributed by atoms with E-state index in [-0.39, 0.29) is 0 Å². The summed E-state index contributed by atoms with van der Waals surface area (Å²) in [6.45, 7) is 1.74. The molecule has 0 saturated heterocycles. The Morgan fingerprint density at radius 3 is 2.31 bits per heavy atom. The van der Waals surface area contributed by atoms with Gasteiger partial charge in [0.05, 0.1) is 6.10 Å². The van der Waals surface area contributed by atoms with E-state index in [0.29, 0.717) is 0 Å². The third-order valence-corrected chi connectivity index (χ3v) is 2.32. The van der Waals surface area contributed by atoms with Gasteiger partial charge in [-0.25, -0.2) is 0 Å². The SMILES string of the molecule is CC(O)c1cccc(Oc2ccccc2)c1. The maximum Gasteiger partial charge on any atom is 0.127 e. The van der Waals surface area contributed by atoms with Gasteiger partial charge in [-0.1, -0.05) is 30.3 Å². The summed E-state index contributed by atoms with van der Waals surface area (Å²) in [7, 11) is 0. The Bertz CT molecular complexity index is 449. The van der Waals surface area contributed by atoms with E-state index in [1.54, 1.807) is 6.92 Å². The fraction of sp³-hybridized carbons (Fsp3) is 0.143. The number of aliphatic hydroxyl groups is 1. The lowest BCUT2D eigenvalue weighted by Crippen LogP contribution is -1.91. The van der Waals surface area contributed by atoms with E-state index in [1.807, 2.05) is 54.6 Å². The van der Waals surface area contributed by atoms with Gasteiger partial charge >= 0.3 is 0 Å². The van der Waals surface area contributed by atoms with Crippen molar-refractivity contribution in [2.75, 3.05) is 0 Å². The summed E-state index contributed by atoms with van der Waals surface area (Å²) in [5.74, 6) is 1.54. The van der Waals surface area contributed by atoms with Crippen LogP contribution in [0.15, 0.2) is 54.6 Å². The summed E-state index contributed by atoms with van der Waals surface area (Å²) >= 11 is 0. The molecule has 16 heavy (non-hydrogen) atoms. The third-order valence-electron chi connectivity index (χ3n) is 2.32.